The molecule has 1 unspecified atom stereocenters. The van der Waals surface area contributed by atoms with Gasteiger partial charge in [0, 0.05) is 25.1 Å². The van der Waals surface area contributed by atoms with Crippen LogP contribution >= 0.6 is 0 Å². The van der Waals surface area contributed by atoms with Crippen LogP contribution in [0.2, 0.25) is 0 Å². The average molecular weight is 325 g/mol. The first kappa shape index (κ1) is 16.5. The van der Waals surface area contributed by atoms with Crippen molar-refractivity contribution >= 4 is 27.9 Å². The fourth-order valence-corrected chi connectivity index (χ4v) is 3.07. The molecule has 6 heteroatoms. The van der Waals surface area contributed by atoms with Crippen molar-refractivity contribution in [2.24, 2.45) is 5.73 Å². The number of Topliss-reactive ketones (excluding diaryl/α,β-unsaturated/α-hetero) is 1. The highest BCUT2D eigenvalue weighted by atomic mass is 16.1. The number of imidazole rings is 1. The van der Waals surface area contributed by atoms with Crippen molar-refractivity contribution in [2.45, 2.75) is 45.6 Å². The van der Waals surface area contributed by atoms with Gasteiger partial charge in [-0.15, -0.1) is 0 Å². The quantitative estimate of drug-likeness (QED) is 0.722. The predicted molar refractivity (Wildman–Crippen MR) is 94.8 cm³/mol. The summed E-state index contributed by atoms with van der Waals surface area (Å²) in [5.41, 5.74) is 10.3. The highest BCUT2D eigenvalue weighted by Gasteiger charge is 2.18. The van der Waals surface area contributed by atoms with Crippen LogP contribution in [-0.2, 0) is 11.3 Å². The molecule has 3 aromatic rings. The van der Waals surface area contributed by atoms with Gasteiger partial charge in [-0.3, -0.25) is 4.98 Å². The topological polar surface area (TPSA) is 86.7 Å². The summed E-state index contributed by atoms with van der Waals surface area (Å²) in [6.45, 7) is 5.12. The number of hydrogen-bond donors (Lipinski definition) is 1. The van der Waals surface area contributed by atoms with Crippen molar-refractivity contribution in [1.29, 1.82) is 0 Å². The van der Waals surface area contributed by atoms with Gasteiger partial charge in [-0.2, -0.15) is 0 Å². The van der Waals surface area contributed by atoms with Gasteiger partial charge in [0.1, 0.15) is 16.8 Å². The van der Waals surface area contributed by atoms with E-state index in [0.717, 1.165) is 47.1 Å². The van der Waals surface area contributed by atoms with Crippen LogP contribution in [0.4, 0.5) is 0 Å². The van der Waals surface area contributed by atoms with Gasteiger partial charge < -0.3 is 15.1 Å². The molecule has 2 N–H and O–H groups in total. The van der Waals surface area contributed by atoms with Crippen LogP contribution in [0.1, 0.15) is 44.7 Å². The fraction of sp³-hybridized carbons (Fsp3) is 0.444. The number of pyridine rings is 2. The van der Waals surface area contributed by atoms with Gasteiger partial charge in [0.2, 0.25) is 0 Å². The number of nitrogens with zero attached hydrogens (tertiary/aromatic N) is 4. The lowest BCUT2D eigenvalue weighted by Gasteiger charge is -2.13. The molecule has 3 heterocycles. The van der Waals surface area contributed by atoms with Gasteiger partial charge >= 0.3 is 0 Å². The molecule has 0 saturated carbocycles. The second kappa shape index (κ2) is 7.05. The lowest BCUT2D eigenvalue weighted by Crippen LogP contribution is -2.07. The lowest BCUT2D eigenvalue weighted by molar-refractivity contribution is -0.117. The Morgan fingerprint density at radius 1 is 1.33 bits per heavy atom. The summed E-state index contributed by atoms with van der Waals surface area (Å²) >= 11 is 0. The Labute approximate surface area is 141 Å². The van der Waals surface area contributed by atoms with Gasteiger partial charge in [0.05, 0.1) is 23.1 Å². The molecule has 24 heavy (non-hydrogen) atoms. The summed E-state index contributed by atoms with van der Waals surface area (Å²) in [5.74, 6) is 0.448. The minimum Gasteiger partial charge on any atom is -0.330 e. The number of aryl methyl sites for hydroxylation is 1. The molecular weight excluding hydrogens is 302 g/mol. The molecule has 0 amide bonds. The van der Waals surface area contributed by atoms with Gasteiger partial charge in [-0.05, 0) is 38.4 Å². The summed E-state index contributed by atoms with van der Waals surface area (Å²) in [7, 11) is 0. The lowest BCUT2D eigenvalue weighted by atomic mass is 10.0. The van der Waals surface area contributed by atoms with Crippen LogP contribution in [0.5, 0.6) is 0 Å². The second-order valence-corrected chi connectivity index (χ2v) is 6.29. The van der Waals surface area contributed by atoms with Crippen molar-refractivity contribution in [3.8, 4) is 0 Å². The van der Waals surface area contributed by atoms with E-state index in [4.69, 9.17) is 10.7 Å². The molecule has 0 aromatic carbocycles. The van der Waals surface area contributed by atoms with E-state index in [-0.39, 0.29) is 11.7 Å². The van der Waals surface area contributed by atoms with E-state index in [1.807, 2.05) is 18.5 Å². The largest absolute Gasteiger partial charge is 0.330 e. The number of hydrogen-bond acceptors (Lipinski definition) is 5. The number of ketones is 1. The van der Waals surface area contributed by atoms with Crippen molar-refractivity contribution in [2.75, 3.05) is 6.54 Å². The van der Waals surface area contributed by atoms with E-state index in [2.05, 4.69) is 21.5 Å². The smallest absolute Gasteiger partial charge is 0.129 e. The molecular formula is C18H23N5O. The van der Waals surface area contributed by atoms with Gasteiger partial charge in [-0.1, -0.05) is 6.92 Å². The van der Waals surface area contributed by atoms with Crippen LogP contribution < -0.4 is 5.73 Å². The maximum Gasteiger partial charge on any atom is 0.129 e. The SMILES string of the molecule is CC(=O)CCCn1cnc2c(C(C)CCN)nc3cccnc3c21. The molecule has 0 aliphatic heterocycles. The molecule has 3 aromatic heterocycles. The first-order chi connectivity index (χ1) is 11.6. The number of aromatic nitrogens is 4. The molecule has 0 radical (unpaired) electrons. The second-order valence-electron chi connectivity index (χ2n) is 6.29. The minimum atomic E-state index is 0.210. The van der Waals surface area contributed by atoms with Crippen LogP contribution in [0.3, 0.4) is 0 Å². The fourth-order valence-electron chi connectivity index (χ4n) is 3.07. The molecule has 0 bridgehead atoms. The summed E-state index contributed by atoms with van der Waals surface area (Å²) in [5, 5.41) is 0. The molecule has 0 aliphatic carbocycles. The first-order valence-corrected chi connectivity index (χ1v) is 8.40. The third-order valence-electron chi connectivity index (χ3n) is 4.33. The Kier molecular flexibility index (Phi) is 4.85. The maximum absolute atomic E-state index is 11.2. The molecule has 6 nitrogen and oxygen atoms in total. The maximum atomic E-state index is 11.2. The van der Waals surface area contributed by atoms with Crippen molar-refractivity contribution in [3.05, 3.63) is 30.4 Å². The number of carbonyl (C=O) groups excluding carboxylic acids is 1. The molecule has 0 fully saturated rings. The van der Waals surface area contributed by atoms with E-state index in [0.29, 0.717) is 13.0 Å². The zero-order chi connectivity index (χ0) is 17.1. The van der Waals surface area contributed by atoms with Crippen LogP contribution in [0, 0.1) is 0 Å². The summed E-state index contributed by atoms with van der Waals surface area (Å²) in [4.78, 5) is 25.1. The highest BCUT2D eigenvalue weighted by Crippen LogP contribution is 2.29. The first-order valence-electron chi connectivity index (χ1n) is 8.40. The third kappa shape index (κ3) is 3.14. The number of rotatable bonds is 7. The third-order valence-corrected chi connectivity index (χ3v) is 4.33. The van der Waals surface area contributed by atoms with E-state index in [1.54, 1.807) is 13.1 Å². The minimum absolute atomic E-state index is 0.210. The molecule has 0 aliphatic rings. The Balaban J connectivity index is 2.12. The Morgan fingerprint density at radius 3 is 2.92 bits per heavy atom. The normalized spacial score (nSPS) is 12.8. The Morgan fingerprint density at radius 2 is 2.17 bits per heavy atom. The molecule has 3 rings (SSSR count). The predicted octanol–water partition coefficient (Wildman–Crippen LogP) is 2.80. The van der Waals surface area contributed by atoms with Crippen LogP contribution in [0.25, 0.3) is 22.1 Å². The number of nitrogens with two attached hydrogens (primary N) is 1. The van der Waals surface area contributed by atoms with E-state index in [9.17, 15) is 4.79 Å². The summed E-state index contributed by atoms with van der Waals surface area (Å²) in [6.07, 6.45) is 5.85. The molecule has 126 valence electrons. The average Bonchev–Trinajstić information content (AvgIpc) is 2.98. The van der Waals surface area contributed by atoms with E-state index >= 15 is 0 Å². The zero-order valence-electron chi connectivity index (χ0n) is 14.2. The van der Waals surface area contributed by atoms with Crippen LogP contribution in [-0.4, -0.2) is 31.8 Å². The van der Waals surface area contributed by atoms with Gasteiger partial charge in [0.15, 0.2) is 0 Å². The van der Waals surface area contributed by atoms with E-state index < -0.39 is 0 Å². The number of carbonyl (C=O) groups is 1. The van der Waals surface area contributed by atoms with E-state index in [1.165, 1.54) is 0 Å². The molecule has 0 saturated heterocycles. The van der Waals surface area contributed by atoms with Crippen LogP contribution in [0.15, 0.2) is 24.7 Å². The van der Waals surface area contributed by atoms with Crippen molar-refractivity contribution in [1.82, 2.24) is 19.5 Å². The van der Waals surface area contributed by atoms with Crippen molar-refractivity contribution < 1.29 is 4.79 Å². The Bertz CT molecular complexity index is 870. The van der Waals surface area contributed by atoms with Gasteiger partial charge in [-0.25, -0.2) is 9.97 Å². The highest BCUT2D eigenvalue weighted by molar-refractivity contribution is 6.00. The Hall–Kier alpha value is -2.34. The number of fused-ring (bicyclic) bond motifs is 3. The molecule has 1 atom stereocenters. The van der Waals surface area contributed by atoms with Gasteiger partial charge in [0.25, 0.3) is 0 Å². The zero-order valence-corrected chi connectivity index (χ0v) is 14.2. The van der Waals surface area contributed by atoms with Crippen molar-refractivity contribution in [3.63, 3.8) is 0 Å². The monoisotopic (exact) mass is 325 g/mol. The summed E-state index contributed by atoms with van der Waals surface area (Å²) in [6, 6.07) is 3.88. The standard InChI is InChI=1S/C18H23N5O/c1-12(7-8-19)15-17-18(16-14(22-15)6-3-9-20-16)23(11-21-17)10-4-5-13(2)24/h3,6,9,11-12H,4-5,7-8,10,19H2,1-2H3. The molecule has 0 spiro atoms. The summed E-state index contributed by atoms with van der Waals surface area (Å²) < 4.78 is 2.09.